The topological polar surface area (TPSA) is 59.3 Å². The van der Waals surface area contributed by atoms with E-state index >= 15 is 0 Å². The van der Waals surface area contributed by atoms with Crippen molar-refractivity contribution in [1.82, 2.24) is 4.57 Å². The van der Waals surface area contributed by atoms with E-state index in [0.29, 0.717) is 10.5 Å². The number of pyridine rings is 1. The average Bonchev–Trinajstić information content (AvgIpc) is 2.53. The molecule has 0 atom stereocenters. The molecule has 0 saturated carbocycles. The normalized spacial score (nSPS) is 11.0. The molecule has 0 spiro atoms. The molecule has 24 heavy (non-hydrogen) atoms. The van der Waals surface area contributed by atoms with Gasteiger partial charge in [-0.2, -0.15) is 0 Å². The number of hydrogen-bond donors (Lipinski definition) is 1. The first kappa shape index (κ1) is 16.1. The summed E-state index contributed by atoms with van der Waals surface area (Å²) in [6.45, 7) is 0. The van der Waals surface area contributed by atoms with Gasteiger partial charge in [-0.1, -0.05) is 11.6 Å². The second kappa shape index (κ2) is 5.72. The number of rotatable bonds is 2. The van der Waals surface area contributed by atoms with Crippen molar-refractivity contribution in [2.45, 2.75) is 0 Å². The lowest BCUT2D eigenvalue weighted by atomic mass is 10.0. The van der Waals surface area contributed by atoms with Crippen LogP contribution in [-0.2, 0) is 7.05 Å². The van der Waals surface area contributed by atoms with Crippen LogP contribution >= 0.6 is 11.6 Å². The number of carboxylic acid groups (broad SMARTS) is 1. The van der Waals surface area contributed by atoms with E-state index < -0.39 is 28.6 Å². The first-order valence-corrected chi connectivity index (χ1v) is 7.20. The summed E-state index contributed by atoms with van der Waals surface area (Å²) < 4.78 is 28.2. The Kier molecular flexibility index (Phi) is 3.85. The van der Waals surface area contributed by atoms with Gasteiger partial charge in [-0.05, 0) is 36.4 Å². The SMILES string of the molecule is Cn1c(-c2ccc(F)c(F)c2)c(C(=O)O)c(=O)c2ccc(Cl)cc21. The molecule has 0 aliphatic carbocycles. The maximum Gasteiger partial charge on any atom is 0.341 e. The highest BCUT2D eigenvalue weighted by atomic mass is 35.5. The maximum atomic E-state index is 13.6. The zero-order chi connectivity index (χ0) is 17.6. The molecule has 0 unspecified atom stereocenters. The highest BCUT2D eigenvalue weighted by molar-refractivity contribution is 6.31. The third-order valence-corrected chi connectivity index (χ3v) is 4.01. The van der Waals surface area contributed by atoms with Crippen LogP contribution in [0.1, 0.15) is 10.4 Å². The summed E-state index contributed by atoms with van der Waals surface area (Å²) in [7, 11) is 1.53. The zero-order valence-corrected chi connectivity index (χ0v) is 13.1. The first-order valence-electron chi connectivity index (χ1n) is 6.82. The lowest BCUT2D eigenvalue weighted by Crippen LogP contribution is -2.21. The largest absolute Gasteiger partial charge is 0.477 e. The standard InChI is InChI=1S/C17H10ClF2NO3/c1-21-13-7-9(18)3-4-10(13)16(22)14(17(23)24)15(21)8-2-5-11(19)12(20)6-8/h2-7H,1H3,(H,23,24). The van der Waals surface area contributed by atoms with E-state index in [9.17, 15) is 23.5 Å². The Morgan fingerprint density at radius 3 is 2.46 bits per heavy atom. The van der Waals surface area contributed by atoms with Crippen LogP contribution in [0.3, 0.4) is 0 Å². The van der Waals surface area contributed by atoms with Crippen LogP contribution in [0.4, 0.5) is 8.78 Å². The lowest BCUT2D eigenvalue weighted by Gasteiger charge is -2.16. The van der Waals surface area contributed by atoms with E-state index in [-0.39, 0.29) is 16.6 Å². The minimum Gasteiger partial charge on any atom is -0.477 e. The second-order valence-electron chi connectivity index (χ2n) is 5.21. The molecule has 1 N–H and O–H groups in total. The van der Waals surface area contributed by atoms with Gasteiger partial charge < -0.3 is 9.67 Å². The van der Waals surface area contributed by atoms with Crippen LogP contribution in [-0.4, -0.2) is 15.6 Å². The summed E-state index contributed by atoms with van der Waals surface area (Å²) in [5, 5.41) is 9.99. The fourth-order valence-corrected chi connectivity index (χ4v) is 2.85. The Morgan fingerprint density at radius 1 is 1.12 bits per heavy atom. The van der Waals surface area contributed by atoms with Gasteiger partial charge in [0.25, 0.3) is 0 Å². The molecule has 0 aliphatic rings. The average molecular weight is 350 g/mol. The van der Waals surface area contributed by atoms with Crippen molar-refractivity contribution in [3.63, 3.8) is 0 Å². The van der Waals surface area contributed by atoms with Crippen LogP contribution in [0.25, 0.3) is 22.2 Å². The van der Waals surface area contributed by atoms with Crippen molar-refractivity contribution in [1.29, 1.82) is 0 Å². The smallest absolute Gasteiger partial charge is 0.341 e. The number of nitrogens with zero attached hydrogens (tertiary/aromatic N) is 1. The third kappa shape index (κ3) is 2.45. The van der Waals surface area contributed by atoms with Crippen molar-refractivity contribution in [3.8, 4) is 11.3 Å². The van der Waals surface area contributed by atoms with E-state index in [1.54, 1.807) is 0 Å². The van der Waals surface area contributed by atoms with Gasteiger partial charge in [0, 0.05) is 23.0 Å². The minimum atomic E-state index is -1.45. The monoisotopic (exact) mass is 349 g/mol. The Morgan fingerprint density at radius 2 is 1.83 bits per heavy atom. The molecule has 0 fully saturated rings. The van der Waals surface area contributed by atoms with E-state index in [1.807, 2.05) is 0 Å². The second-order valence-corrected chi connectivity index (χ2v) is 5.64. The van der Waals surface area contributed by atoms with Gasteiger partial charge in [-0.3, -0.25) is 4.79 Å². The van der Waals surface area contributed by atoms with Crippen molar-refractivity contribution in [3.05, 3.63) is 68.8 Å². The van der Waals surface area contributed by atoms with E-state index in [2.05, 4.69) is 0 Å². The number of aryl methyl sites for hydroxylation is 1. The molecule has 1 aromatic heterocycles. The Balaban J connectivity index is 2.51. The van der Waals surface area contributed by atoms with Crippen LogP contribution in [0.5, 0.6) is 0 Å². The van der Waals surface area contributed by atoms with Gasteiger partial charge in [-0.25, -0.2) is 13.6 Å². The first-order chi connectivity index (χ1) is 11.3. The minimum absolute atomic E-state index is 0.0267. The summed E-state index contributed by atoms with van der Waals surface area (Å²) in [5.74, 6) is -3.65. The number of hydrogen-bond acceptors (Lipinski definition) is 2. The summed E-state index contributed by atoms with van der Waals surface area (Å²) in [5.41, 5.74) is -0.795. The van der Waals surface area contributed by atoms with Gasteiger partial charge in [0.2, 0.25) is 5.43 Å². The molecule has 7 heteroatoms. The summed E-state index contributed by atoms with van der Waals surface area (Å²) in [6.07, 6.45) is 0. The number of carbonyl (C=O) groups is 1. The number of aromatic nitrogens is 1. The van der Waals surface area contributed by atoms with Crippen LogP contribution < -0.4 is 5.43 Å². The predicted octanol–water partition coefficient (Wildman–Crippen LogP) is 3.84. The number of benzene rings is 2. The zero-order valence-electron chi connectivity index (χ0n) is 12.3. The van der Waals surface area contributed by atoms with Crippen molar-refractivity contribution >= 4 is 28.5 Å². The number of aromatic carboxylic acids is 1. The maximum absolute atomic E-state index is 13.6. The molecule has 0 bridgehead atoms. The predicted molar refractivity (Wildman–Crippen MR) is 86.5 cm³/mol. The van der Waals surface area contributed by atoms with Gasteiger partial charge in [0.05, 0.1) is 11.2 Å². The molecule has 0 radical (unpaired) electrons. The van der Waals surface area contributed by atoms with Gasteiger partial charge in [0.15, 0.2) is 11.6 Å². The van der Waals surface area contributed by atoms with Gasteiger partial charge >= 0.3 is 5.97 Å². The molecule has 4 nitrogen and oxygen atoms in total. The molecule has 0 aliphatic heterocycles. The summed E-state index contributed by atoms with van der Waals surface area (Å²) in [6, 6.07) is 7.37. The third-order valence-electron chi connectivity index (χ3n) is 3.77. The summed E-state index contributed by atoms with van der Waals surface area (Å²) >= 11 is 5.95. The van der Waals surface area contributed by atoms with Gasteiger partial charge in [0.1, 0.15) is 5.56 Å². The molecule has 0 saturated heterocycles. The molecule has 1 heterocycles. The van der Waals surface area contributed by atoms with E-state index in [0.717, 1.165) is 12.1 Å². The molecule has 2 aromatic carbocycles. The van der Waals surface area contributed by atoms with Crippen LogP contribution in [0.15, 0.2) is 41.2 Å². The highest BCUT2D eigenvalue weighted by Gasteiger charge is 2.22. The Hall–Kier alpha value is -2.73. The highest BCUT2D eigenvalue weighted by Crippen LogP contribution is 2.28. The molecule has 0 amide bonds. The van der Waals surface area contributed by atoms with Crippen LogP contribution in [0.2, 0.25) is 5.02 Å². The Bertz CT molecular complexity index is 1060. The quantitative estimate of drug-likeness (QED) is 0.764. The van der Waals surface area contributed by atoms with E-state index in [1.165, 1.54) is 35.9 Å². The lowest BCUT2D eigenvalue weighted by molar-refractivity contribution is 0.0696. The van der Waals surface area contributed by atoms with Crippen molar-refractivity contribution < 1.29 is 18.7 Å². The fourth-order valence-electron chi connectivity index (χ4n) is 2.68. The molecule has 3 aromatic rings. The molecule has 122 valence electrons. The van der Waals surface area contributed by atoms with Crippen LogP contribution in [0, 0.1) is 11.6 Å². The summed E-state index contributed by atoms with van der Waals surface area (Å²) in [4.78, 5) is 24.2. The van der Waals surface area contributed by atoms with E-state index in [4.69, 9.17) is 11.6 Å². The molecular weight excluding hydrogens is 340 g/mol. The van der Waals surface area contributed by atoms with Crippen molar-refractivity contribution in [2.24, 2.45) is 7.05 Å². The van der Waals surface area contributed by atoms with Crippen molar-refractivity contribution in [2.75, 3.05) is 0 Å². The molecular formula is C17H10ClF2NO3. The number of carboxylic acids is 1. The fraction of sp³-hybridized carbons (Fsp3) is 0.0588. The number of halogens is 3. The van der Waals surface area contributed by atoms with Gasteiger partial charge in [-0.15, -0.1) is 0 Å². The Labute approximate surface area is 139 Å². The molecule has 3 rings (SSSR count). The number of fused-ring (bicyclic) bond motifs is 1.